The van der Waals surface area contributed by atoms with Crippen molar-refractivity contribution in [3.63, 3.8) is 0 Å². The molecule has 8 nitrogen and oxygen atoms in total. The molecule has 178 valence electrons. The number of unbranched alkanes of at least 4 members (excludes halogenated alkanes) is 3. The molecule has 0 aliphatic carbocycles. The molecule has 33 heavy (non-hydrogen) atoms. The van der Waals surface area contributed by atoms with Gasteiger partial charge in [-0.2, -0.15) is 0 Å². The number of imidazole rings is 1. The molecular weight excluding hydrogens is 423 g/mol. The second kappa shape index (κ2) is 9.91. The highest BCUT2D eigenvalue weighted by Gasteiger charge is 2.23. The fourth-order valence-electron chi connectivity index (χ4n) is 4.60. The van der Waals surface area contributed by atoms with Crippen LogP contribution in [0.2, 0.25) is 0 Å². The van der Waals surface area contributed by atoms with Gasteiger partial charge in [-0.05, 0) is 18.6 Å². The van der Waals surface area contributed by atoms with E-state index in [-0.39, 0.29) is 17.1 Å². The molecule has 3 aromatic rings. The van der Waals surface area contributed by atoms with Gasteiger partial charge in [0.15, 0.2) is 11.2 Å². The van der Waals surface area contributed by atoms with Gasteiger partial charge in [-0.15, -0.1) is 0 Å². The second-order valence-electron chi connectivity index (χ2n) is 8.83. The first kappa shape index (κ1) is 23.2. The zero-order valence-electron chi connectivity index (χ0n) is 19.8. The molecule has 9 heteroatoms. The highest BCUT2D eigenvalue weighted by molar-refractivity contribution is 5.71. The minimum absolute atomic E-state index is 0.198. The number of fused-ring (bicyclic) bond motifs is 1. The fourth-order valence-corrected chi connectivity index (χ4v) is 4.60. The lowest BCUT2D eigenvalue weighted by atomic mass is 10.2. The molecule has 0 saturated carbocycles. The van der Waals surface area contributed by atoms with Crippen LogP contribution in [-0.4, -0.2) is 49.8 Å². The van der Waals surface area contributed by atoms with Crippen molar-refractivity contribution in [2.45, 2.75) is 45.7 Å². The Morgan fingerprint density at radius 3 is 2.39 bits per heavy atom. The van der Waals surface area contributed by atoms with Crippen molar-refractivity contribution in [2.24, 2.45) is 14.1 Å². The van der Waals surface area contributed by atoms with E-state index in [1.807, 2.05) is 16.7 Å². The van der Waals surface area contributed by atoms with Gasteiger partial charge in [0.1, 0.15) is 11.6 Å². The lowest BCUT2D eigenvalue weighted by molar-refractivity contribution is 0.240. The number of para-hydroxylation sites is 1. The molecule has 1 saturated heterocycles. The summed E-state index contributed by atoms with van der Waals surface area (Å²) in [6, 6.07) is 6.87. The number of anilines is 1. The molecule has 0 bridgehead atoms. The number of aromatic nitrogens is 4. The zero-order valence-corrected chi connectivity index (χ0v) is 19.8. The number of piperazine rings is 1. The van der Waals surface area contributed by atoms with Gasteiger partial charge in [-0.1, -0.05) is 38.3 Å². The third kappa shape index (κ3) is 4.59. The molecule has 0 radical (unpaired) electrons. The molecule has 1 aliphatic rings. The fraction of sp³-hybridized carbons (Fsp3) is 0.542. The molecule has 4 rings (SSSR count). The average Bonchev–Trinajstić information content (AvgIpc) is 3.18. The second-order valence-corrected chi connectivity index (χ2v) is 8.83. The molecule has 1 aliphatic heterocycles. The maximum atomic E-state index is 14.2. The topological polar surface area (TPSA) is 68.3 Å². The summed E-state index contributed by atoms with van der Waals surface area (Å²) in [4.78, 5) is 34.5. The Hall–Kier alpha value is -2.94. The van der Waals surface area contributed by atoms with Gasteiger partial charge < -0.3 is 9.47 Å². The van der Waals surface area contributed by atoms with Crippen LogP contribution in [0.5, 0.6) is 0 Å². The first-order valence-corrected chi connectivity index (χ1v) is 11.8. The number of rotatable bonds is 8. The van der Waals surface area contributed by atoms with Gasteiger partial charge >= 0.3 is 5.69 Å². The van der Waals surface area contributed by atoms with Crippen molar-refractivity contribution in [3.8, 4) is 0 Å². The Labute approximate surface area is 192 Å². The van der Waals surface area contributed by atoms with E-state index in [1.165, 1.54) is 17.7 Å². The van der Waals surface area contributed by atoms with Crippen molar-refractivity contribution in [1.29, 1.82) is 0 Å². The summed E-state index contributed by atoms with van der Waals surface area (Å²) in [5.41, 5.74) is 0.911. The smallest absolute Gasteiger partial charge is 0.332 e. The molecule has 0 spiro atoms. The van der Waals surface area contributed by atoms with Crippen LogP contribution in [0.3, 0.4) is 0 Å². The van der Waals surface area contributed by atoms with Crippen molar-refractivity contribution in [3.05, 3.63) is 56.7 Å². The normalized spacial score (nSPS) is 15.0. The van der Waals surface area contributed by atoms with Crippen LogP contribution in [0, 0.1) is 5.82 Å². The predicted octanol–water partition coefficient (Wildman–Crippen LogP) is 2.48. The third-order valence-corrected chi connectivity index (χ3v) is 6.59. The molecular formula is C24H33FN6O2. The summed E-state index contributed by atoms with van der Waals surface area (Å²) < 4.78 is 18.8. The molecule has 1 aromatic carbocycles. The minimum atomic E-state index is -0.367. The standard InChI is InChI=1S/C24H33FN6O2/c1-4-5-6-9-12-31-20(26-22-21(31)23(32)28(3)24(33)27(22)2)17-29-13-15-30(16-14-29)19-11-8-7-10-18(19)25/h7-8,10-11H,4-6,9,12-17H2,1-3H3. The number of hydrogen-bond donors (Lipinski definition) is 0. The highest BCUT2D eigenvalue weighted by Crippen LogP contribution is 2.21. The van der Waals surface area contributed by atoms with E-state index in [4.69, 9.17) is 4.98 Å². The number of hydrogen-bond acceptors (Lipinski definition) is 5. The largest absolute Gasteiger partial charge is 0.367 e. The Bertz CT molecular complexity index is 1240. The SMILES string of the molecule is CCCCCCn1c(CN2CCN(c3ccccc3F)CC2)nc2c1c(=O)n(C)c(=O)n2C. The van der Waals surface area contributed by atoms with Crippen LogP contribution in [0.4, 0.5) is 10.1 Å². The molecule has 0 unspecified atom stereocenters. The first-order chi connectivity index (χ1) is 15.9. The maximum absolute atomic E-state index is 14.2. The number of aryl methyl sites for hydroxylation is 2. The number of halogens is 1. The van der Waals surface area contributed by atoms with Gasteiger partial charge in [-0.3, -0.25) is 18.8 Å². The lowest BCUT2D eigenvalue weighted by Gasteiger charge is -2.36. The van der Waals surface area contributed by atoms with Crippen molar-refractivity contribution in [1.82, 2.24) is 23.6 Å². The van der Waals surface area contributed by atoms with Crippen LogP contribution >= 0.6 is 0 Å². The molecule has 1 fully saturated rings. The number of nitrogens with zero attached hydrogens (tertiary/aromatic N) is 6. The van der Waals surface area contributed by atoms with E-state index in [9.17, 15) is 14.0 Å². The van der Waals surface area contributed by atoms with Gasteiger partial charge in [0.2, 0.25) is 0 Å². The highest BCUT2D eigenvalue weighted by atomic mass is 19.1. The summed E-state index contributed by atoms with van der Waals surface area (Å²) >= 11 is 0. The minimum Gasteiger partial charge on any atom is -0.367 e. The molecule has 0 atom stereocenters. The van der Waals surface area contributed by atoms with E-state index in [0.717, 1.165) is 62.3 Å². The van der Waals surface area contributed by atoms with Gasteiger partial charge in [0.25, 0.3) is 5.56 Å². The van der Waals surface area contributed by atoms with Crippen LogP contribution in [0.15, 0.2) is 33.9 Å². The van der Waals surface area contributed by atoms with E-state index < -0.39 is 0 Å². The van der Waals surface area contributed by atoms with Crippen molar-refractivity contribution < 1.29 is 4.39 Å². The van der Waals surface area contributed by atoms with Gasteiger partial charge in [0.05, 0.1) is 12.2 Å². The Morgan fingerprint density at radius 1 is 0.970 bits per heavy atom. The van der Waals surface area contributed by atoms with E-state index in [0.29, 0.717) is 29.9 Å². The summed E-state index contributed by atoms with van der Waals surface area (Å²) in [6.07, 6.45) is 4.33. The van der Waals surface area contributed by atoms with Crippen LogP contribution in [0.1, 0.15) is 38.4 Å². The van der Waals surface area contributed by atoms with Crippen LogP contribution < -0.4 is 16.1 Å². The lowest BCUT2D eigenvalue weighted by Crippen LogP contribution is -2.46. The van der Waals surface area contributed by atoms with E-state index in [2.05, 4.69) is 16.7 Å². The monoisotopic (exact) mass is 456 g/mol. The van der Waals surface area contributed by atoms with Gasteiger partial charge in [0, 0.05) is 46.8 Å². The zero-order chi connectivity index (χ0) is 23.5. The molecule has 3 heterocycles. The predicted molar refractivity (Wildman–Crippen MR) is 128 cm³/mol. The quantitative estimate of drug-likeness (QED) is 0.487. The summed E-state index contributed by atoms with van der Waals surface area (Å²) in [6.45, 7) is 6.44. The van der Waals surface area contributed by atoms with Crippen LogP contribution in [0.25, 0.3) is 11.2 Å². The average molecular weight is 457 g/mol. The van der Waals surface area contributed by atoms with Gasteiger partial charge in [-0.25, -0.2) is 14.2 Å². The van der Waals surface area contributed by atoms with Crippen LogP contribution in [-0.2, 0) is 27.2 Å². The molecule has 2 aromatic heterocycles. The Kier molecular flexibility index (Phi) is 6.97. The third-order valence-electron chi connectivity index (χ3n) is 6.59. The van der Waals surface area contributed by atoms with Crippen molar-refractivity contribution >= 4 is 16.9 Å². The Morgan fingerprint density at radius 2 is 1.70 bits per heavy atom. The van der Waals surface area contributed by atoms with E-state index >= 15 is 0 Å². The molecule has 0 amide bonds. The van der Waals surface area contributed by atoms with E-state index in [1.54, 1.807) is 13.1 Å². The summed E-state index contributed by atoms with van der Waals surface area (Å²) in [5, 5.41) is 0. The molecule has 0 N–H and O–H groups in total. The summed E-state index contributed by atoms with van der Waals surface area (Å²) in [7, 11) is 3.18. The first-order valence-electron chi connectivity index (χ1n) is 11.8. The summed E-state index contributed by atoms with van der Waals surface area (Å²) in [5.74, 6) is 0.607. The maximum Gasteiger partial charge on any atom is 0.332 e. The number of benzene rings is 1. The van der Waals surface area contributed by atoms with Crippen molar-refractivity contribution in [2.75, 3.05) is 31.1 Å². The Balaban J connectivity index is 1.58.